The van der Waals surface area contributed by atoms with Crippen molar-refractivity contribution in [2.24, 2.45) is 0 Å². The molecule has 0 unspecified atom stereocenters. The fourth-order valence-corrected chi connectivity index (χ4v) is 4.22. The lowest BCUT2D eigenvalue weighted by molar-refractivity contribution is 0.103. The third-order valence-corrected chi connectivity index (χ3v) is 6.34. The Bertz CT molecular complexity index is 1310. The molecule has 9 heteroatoms. The monoisotopic (exact) mass is 476 g/mol. The number of carbonyl (C=O) groups is 1. The van der Waals surface area contributed by atoms with Crippen molar-refractivity contribution in [3.05, 3.63) is 101 Å². The molecule has 0 aliphatic rings. The lowest BCUT2D eigenvalue weighted by atomic mass is 9.99. The summed E-state index contributed by atoms with van der Waals surface area (Å²) in [6.45, 7) is 5.20. The summed E-state index contributed by atoms with van der Waals surface area (Å²) in [5, 5.41) is 2.86. The molecule has 0 heterocycles. The summed E-state index contributed by atoms with van der Waals surface area (Å²) in [6.07, 6.45) is 1.41. The van der Waals surface area contributed by atoms with Crippen molar-refractivity contribution in [3.63, 3.8) is 0 Å². The Morgan fingerprint density at radius 2 is 1.81 bits per heavy atom. The van der Waals surface area contributed by atoms with Crippen molar-refractivity contribution in [2.45, 2.75) is 11.8 Å². The van der Waals surface area contributed by atoms with Gasteiger partial charge < -0.3 is 5.32 Å². The number of anilines is 2. The molecule has 3 aromatic carbocycles. The van der Waals surface area contributed by atoms with Crippen LogP contribution in [0.4, 0.5) is 20.2 Å². The second-order valence-electron chi connectivity index (χ2n) is 6.89. The Kier molecular flexibility index (Phi) is 7.08. The molecule has 2 N–H and O–H groups in total. The number of ketones is 1. The van der Waals surface area contributed by atoms with Crippen molar-refractivity contribution in [3.8, 4) is 0 Å². The Morgan fingerprint density at radius 3 is 2.47 bits per heavy atom. The minimum Gasteiger partial charge on any atom is -0.353 e. The van der Waals surface area contributed by atoms with Crippen LogP contribution in [0.1, 0.15) is 21.5 Å². The highest BCUT2D eigenvalue weighted by molar-refractivity contribution is 7.89. The van der Waals surface area contributed by atoms with Gasteiger partial charge in [0.2, 0.25) is 10.0 Å². The molecular weight excluding hydrogens is 458 g/mol. The van der Waals surface area contributed by atoms with Crippen LogP contribution >= 0.6 is 11.6 Å². The predicted octanol–water partition coefficient (Wildman–Crippen LogP) is 5.37. The van der Waals surface area contributed by atoms with Gasteiger partial charge in [-0.15, -0.1) is 6.58 Å². The summed E-state index contributed by atoms with van der Waals surface area (Å²) in [5.41, 5.74) is 1.33. The highest BCUT2D eigenvalue weighted by Crippen LogP contribution is 2.28. The zero-order valence-corrected chi connectivity index (χ0v) is 18.5. The van der Waals surface area contributed by atoms with Crippen molar-refractivity contribution >= 4 is 38.8 Å². The number of benzene rings is 3. The van der Waals surface area contributed by atoms with Crippen LogP contribution in [-0.4, -0.2) is 20.7 Å². The third-order valence-electron chi connectivity index (χ3n) is 4.61. The number of hydrogen-bond acceptors (Lipinski definition) is 4. The normalized spacial score (nSPS) is 11.2. The van der Waals surface area contributed by atoms with Crippen molar-refractivity contribution in [1.82, 2.24) is 4.72 Å². The number of sulfonamides is 1. The van der Waals surface area contributed by atoms with Gasteiger partial charge in [-0.1, -0.05) is 23.7 Å². The molecule has 5 nitrogen and oxygen atoms in total. The molecule has 0 saturated heterocycles. The molecule has 3 rings (SSSR count). The SMILES string of the molecule is C=CCNS(=O)(=O)c1ccc(C)c(C(=O)c2ccc(Nc3ccc(F)cc3F)cc2Cl)c1. The summed E-state index contributed by atoms with van der Waals surface area (Å²) in [6, 6.07) is 11.7. The maximum atomic E-state index is 13.9. The third kappa shape index (κ3) is 5.21. The Balaban J connectivity index is 1.91. The first kappa shape index (κ1) is 23.6. The van der Waals surface area contributed by atoms with Gasteiger partial charge >= 0.3 is 0 Å². The molecule has 0 radical (unpaired) electrons. The van der Waals surface area contributed by atoms with E-state index in [0.29, 0.717) is 11.3 Å². The Morgan fingerprint density at radius 1 is 1.06 bits per heavy atom. The first-order valence-corrected chi connectivity index (χ1v) is 11.3. The summed E-state index contributed by atoms with van der Waals surface area (Å²) in [5.74, 6) is -1.95. The first-order valence-electron chi connectivity index (χ1n) is 9.40. The quantitative estimate of drug-likeness (QED) is 0.339. The van der Waals surface area contributed by atoms with Gasteiger partial charge in [0.05, 0.1) is 15.6 Å². The molecule has 0 aliphatic carbocycles. The average Bonchev–Trinajstić information content (AvgIpc) is 2.74. The van der Waals surface area contributed by atoms with Crippen LogP contribution in [0.2, 0.25) is 5.02 Å². The molecule has 0 saturated carbocycles. The van der Waals surface area contributed by atoms with Crippen LogP contribution in [-0.2, 0) is 10.0 Å². The van der Waals surface area contributed by atoms with E-state index in [2.05, 4.69) is 16.6 Å². The smallest absolute Gasteiger partial charge is 0.240 e. The summed E-state index contributed by atoms with van der Waals surface area (Å²) in [4.78, 5) is 13.0. The highest BCUT2D eigenvalue weighted by Gasteiger charge is 2.20. The fourth-order valence-electron chi connectivity index (χ4n) is 2.93. The first-order chi connectivity index (χ1) is 15.1. The Labute approximate surface area is 189 Å². The molecule has 32 heavy (non-hydrogen) atoms. The number of nitrogens with one attached hydrogen (secondary N) is 2. The van der Waals surface area contributed by atoms with E-state index in [4.69, 9.17) is 11.6 Å². The van der Waals surface area contributed by atoms with Crippen LogP contribution in [0.25, 0.3) is 0 Å². The molecule has 0 aliphatic heterocycles. The Hall–Kier alpha value is -3.07. The van der Waals surface area contributed by atoms with Crippen LogP contribution in [0.15, 0.2) is 72.1 Å². The maximum Gasteiger partial charge on any atom is 0.240 e. The molecule has 0 amide bonds. The molecule has 0 atom stereocenters. The fraction of sp³-hybridized carbons (Fsp3) is 0.0870. The van der Waals surface area contributed by atoms with E-state index in [0.717, 1.165) is 12.1 Å². The van der Waals surface area contributed by atoms with Gasteiger partial charge in [0.25, 0.3) is 0 Å². The lowest BCUT2D eigenvalue weighted by Gasteiger charge is -2.12. The standard InChI is InChI=1S/C23H19ClF2N2O3S/c1-3-10-27-32(30,31)17-7-4-14(2)19(13-17)23(29)18-8-6-16(12-20(18)24)28-22-9-5-15(25)11-21(22)26/h3-9,11-13,27-28H,1,10H2,2H3. The minimum atomic E-state index is -3.81. The second-order valence-corrected chi connectivity index (χ2v) is 9.06. The van der Waals surface area contributed by atoms with E-state index < -0.39 is 27.4 Å². The van der Waals surface area contributed by atoms with Crippen molar-refractivity contribution in [1.29, 1.82) is 0 Å². The van der Waals surface area contributed by atoms with Gasteiger partial charge in [-0.05, 0) is 55.0 Å². The largest absolute Gasteiger partial charge is 0.353 e. The van der Waals surface area contributed by atoms with Gasteiger partial charge in [-0.2, -0.15) is 0 Å². The maximum absolute atomic E-state index is 13.9. The van der Waals surface area contributed by atoms with Gasteiger partial charge in [-0.3, -0.25) is 4.79 Å². The van der Waals surface area contributed by atoms with Crippen LogP contribution in [0.5, 0.6) is 0 Å². The van der Waals surface area contributed by atoms with E-state index in [1.807, 2.05) is 0 Å². The molecule has 0 aromatic heterocycles. The van der Waals surface area contributed by atoms with Crippen LogP contribution < -0.4 is 10.0 Å². The van der Waals surface area contributed by atoms with Crippen LogP contribution in [0.3, 0.4) is 0 Å². The van der Waals surface area contributed by atoms with Gasteiger partial charge in [0.1, 0.15) is 11.6 Å². The van der Waals surface area contributed by atoms with Gasteiger partial charge in [0.15, 0.2) is 5.78 Å². The van der Waals surface area contributed by atoms with E-state index in [1.165, 1.54) is 48.5 Å². The van der Waals surface area contributed by atoms with E-state index in [1.54, 1.807) is 6.92 Å². The van der Waals surface area contributed by atoms with Crippen LogP contribution in [0, 0.1) is 18.6 Å². The van der Waals surface area contributed by atoms with E-state index in [-0.39, 0.29) is 33.3 Å². The average molecular weight is 477 g/mol. The minimum absolute atomic E-state index is 0.0438. The molecule has 0 fully saturated rings. The number of hydrogen-bond donors (Lipinski definition) is 2. The van der Waals surface area contributed by atoms with E-state index in [9.17, 15) is 22.0 Å². The van der Waals surface area contributed by atoms with Gasteiger partial charge in [-0.25, -0.2) is 21.9 Å². The summed E-state index contributed by atoms with van der Waals surface area (Å²) < 4.78 is 54.1. The molecular formula is C23H19ClF2N2O3S. The molecule has 0 spiro atoms. The topological polar surface area (TPSA) is 75.3 Å². The number of aryl methyl sites for hydroxylation is 1. The summed E-state index contributed by atoms with van der Waals surface area (Å²) in [7, 11) is -3.81. The van der Waals surface area contributed by atoms with Crippen molar-refractivity contribution < 1.29 is 22.0 Å². The zero-order chi connectivity index (χ0) is 23.5. The zero-order valence-electron chi connectivity index (χ0n) is 17.0. The number of rotatable bonds is 8. The molecule has 0 bridgehead atoms. The highest BCUT2D eigenvalue weighted by atomic mass is 35.5. The number of carbonyl (C=O) groups excluding carboxylic acids is 1. The van der Waals surface area contributed by atoms with Gasteiger partial charge in [0, 0.05) is 29.4 Å². The predicted molar refractivity (Wildman–Crippen MR) is 121 cm³/mol. The molecule has 3 aromatic rings. The van der Waals surface area contributed by atoms with Crippen molar-refractivity contribution in [2.75, 3.05) is 11.9 Å². The second kappa shape index (κ2) is 9.60. The van der Waals surface area contributed by atoms with E-state index >= 15 is 0 Å². The summed E-state index contributed by atoms with van der Waals surface area (Å²) >= 11 is 6.30. The number of halogens is 3. The molecule has 166 valence electrons. The lowest BCUT2D eigenvalue weighted by Crippen LogP contribution is -2.24.